The number of carbonyl (C=O) groups excluding carboxylic acids is 1. The van der Waals surface area contributed by atoms with Gasteiger partial charge >= 0.3 is 12.0 Å². The van der Waals surface area contributed by atoms with Crippen LogP contribution in [0.5, 0.6) is 0 Å². The third kappa shape index (κ3) is 10.2. The van der Waals surface area contributed by atoms with Gasteiger partial charge in [0.15, 0.2) is 0 Å². The van der Waals surface area contributed by atoms with Crippen LogP contribution in [0, 0.1) is 0 Å². The fraction of sp³-hybridized carbons (Fsp3) is 0.600. The van der Waals surface area contributed by atoms with Gasteiger partial charge in [-0.1, -0.05) is 40.9 Å². The highest BCUT2D eigenvalue weighted by Gasteiger charge is 2.31. The third-order valence-corrected chi connectivity index (χ3v) is 1.96. The van der Waals surface area contributed by atoms with Crippen molar-refractivity contribution in [2.75, 3.05) is 0 Å². The van der Waals surface area contributed by atoms with Crippen molar-refractivity contribution in [2.24, 2.45) is 0 Å². The lowest BCUT2D eigenvalue weighted by atomic mass is 9.99. The molecule has 5 heteroatoms. The van der Waals surface area contributed by atoms with E-state index in [0.717, 1.165) is 0 Å². The predicted octanol–water partition coefficient (Wildman–Crippen LogP) is 3.98. The molecule has 0 saturated heterocycles. The van der Waals surface area contributed by atoms with Crippen molar-refractivity contribution < 1.29 is 14.7 Å². The summed E-state index contributed by atoms with van der Waals surface area (Å²) in [5.41, 5.74) is -0.351. The molecule has 0 spiro atoms. The number of carboxylic acid groups (broad SMARTS) is 1. The number of allylic oxidation sites excluding steroid dienone is 1. The van der Waals surface area contributed by atoms with Crippen LogP contribution >= 0.6 is 0 Å². The second-order valence-corrected chi connectivity index (χ2v) is 4.15. The van der Waals surface area contributed by atoms with E-state index >= 15 is 0 Å². The van der Waals surface area contributed by atoms with E-state index in [2.05, 4.69) is 18.5 Å². The molecule has 0 rings (SSSR count). The maximum absolute atomic E-state index is 11.7. The summed E-state index contributed by atoms with van der Waals surface area (Å²) in [6, 6.07) is -0.436. The average molecular weight is 286 g/mol. The summed E-state index contributed by atoms with van der Waals surface area (Å²) in [4.78, 5) is 23.6. The minimum atomic E-state index is -0.972. The van der Waals surface area contributed by atoms with Gasteiger partial charge < -0.3 is 10.4 Å². The highest BCUT2D eigenvalue weighted by Crippen LogP contribution is 2.19. The van der Waals surface area contributed by atoms with Crippen molar-refractivity contribution in [3.05, 3.63) is 25.1 Å². The van der Waals surface area contributed by atoms with Crippen LogP contribution in [-0.4, -0.2) is 27.5 Å². The summed E-state index contributed by atoms with van der Waals surface area (Å²) in [6.07, 6.45) is 1.14. The van der Waals surface area contributed by atoms with Gasteiger partial charge in [-0.2, -0.15) is 0 Å². The number of hydrogen-bond donors (Lipinski definition) is 2. The van der Waals surface area contributed by atoms with Crippen molar-refractivity contribution in [3.63, 3.8) is 0 Å². The minimum absolute atomic E-state index is 0.164. The van der Waals surface area contributed by atoms with Crippen LogP contribution in [0.4, 0.5) is 4.79 Å². The lowest BCUT2D eigenvalue weighted by Crippen LogP contribution is -2.49. The number of carboxylic acids is 1. The van der Waals surface area contributed by atoms with E-state index in [1.54, 1.807) is 20.8 Å². The van der Waals surface area contributed by atoms with Gasteiger partial charge in [0.25, 0.3) is 0 Å². The Morgan fingerprint density at radius 2 is 1.65 bits per heavy atom. The Kier molecular flexibility index (Phi) is 14.3. The zero-order chi connectivity index (χ0) is 16.9. The fourth-order valence-electron chi connectivity index (χ4n) is 1.30. The van der Waals surface area contributed by atoms with Crippen LogP contribution in [0.3, 0.4) is 0 Å². The Morgan fingerprint density at radius 1 is 1.25 bits per heavy atom. The average Bonchev–Trinajstić information content (AvgIpc) is 2.31. The Morgan fingerprint density at radius 3 is 1.90 bits per heavy atom. The summed E-state index contributed by atoms with van der Waals surface area (Å²) in [5.74, 6) is -0.972. The predicted molar refractivity (Wildman–Crippen MR) is 84.4 cm³/mol. The maximum Gasteiger partial charge on any atom is 0.326 e. The molecule has 0 radical (unpaired) electrons. The standard InChI is InChI=1S/C11H18N2O3.2C2H6/c1-6-13(10(16)12-8(2)3)11(4,5)7-9(14)15;2*1-2/h6H,1-2,7H2,3-5H3,(H,12,16)(H,14,15);2*1-2H3. The van der Waals surface area contributed by atoms with Crippen molar-refractivity contribution in [1.82, 2.24) is 10.2 Å². The monoisotopic (exact) mass is 286 g/mol. The third-order valence-electron chi connectivity index (χ3n) is 1.96. The molecular weight excluding hydrogens is 256 g/mol. The molecule has 0 bridgehead atoms. The first-order chi connectivity index (χ1) is 9.20. The Hall–Kier alpha value is -1.78. The Labute approximate surface area is 123 Å². The molecule has 0 aliphatic carbocycles. The fourth-order valence-corrected chi connectivity index (χ4v) is 1.30. The molecule has 5 nitrogen and oxygen atoms in total. The van der Waals surface area contributed by atoms with E-state index in [1.165, 1.54) is 11.1 Å². The number of nitrogens with zero attached hydrogens (tertiary/aromatic N) is 1. The number of hydrogen-bond acceptors (Lipinski definition) is 2. The van der Waals surface area contributed by atoms with Gasteiger partial charge in [0.2, 0.25) is 0 Å². The molecule has 0 atom stereocenters. The highest BCUT2D eigenvalue weighted by molar-refractivity contribution is 5.79. The van der Waals surface area contributed by atoms with Gasteiger partial charge in [0.05, 0.1) is 12.0 Å². The summed E-state index contributed by atoms with van der Waals surface area (Å²) in [6.45, 7) is 20.0. The minimum Gasteiger partial charge on any atom is -0.481 e. The molecule has 0 aromatic carbocycles. The van der Waals surface area contributed by atoms with Crippen molar-refractivity contribution in [3.8, 4) is 0 Å². The summed E-state index contributed by atoms with van der Waals surface area (Å²) < 4.78 is 0. The lowest BCUT2D eigenvalue weighted by molar-refractivity contribution is -0.139. The number of nitrogens with one attached hydrogen (secondary N) is 1. The molecular formula is C15H30N2O3. The van der Waals surface area contributed by atoms with Gasteiger partial charge in [0.1, 0.15) is 0 Å². The van der Waals surface area contributed by atoms with Crippen LogP contribution in [-0.2, 0) is 4.79 Å². The molecule has 2 N–H and O–H groups in total. The van der Waals surface area contributed by atoms with E-state index in [1.807, 2.05) is 27.7 Å². The number of carbonyl (C=O) groups is 2. The smallest absolute Gasteiger partial charge is 0.326 e. The molecule has 0 aliphatic rings. The molecule has 0 aromatic rings. The van der Waals surface area contributed by atoms with E-state index < -0.39 is 17.5 Å². The van der Waals surface area contributed by atoms with Gasteiger partial charge in [0, 0.05) is 11.9 Å². The van der Waals surface area contributed by atoms with Crippen molar-refractivity contribution >= 4 is 12.0 Å². The molecule has 0 fully saturated rings. The molecule has 0 unspecified atom stereocenters. The normalized spacial score (nSPS) is 8.95. The van der Waals surface area contributed by atoms with Gasteiger partial charge in [-0.25, -0.2) is 4.79 Å². The van der Waals surface area contributed by atoms with Crippen LogP contribution in [0.1, 0.15) is 54.9 Å². The van der Waals surface area contributed by atoms with Gasteiger partial charge in [-0.05, 0) is 20.8 Å². The van der Waals surface area contributed by atoms with Crippen LogP contribution < -0.4 is 5.32 Å². The van der Waals surface area contributed by atoms with Gasteiger partial charge in [-0.3, -0.25) is 9.69 Å². The largest absolute Gasteiger partial charge is 0.481 e. The Bertz CT molecular complexity index is 323. The molecule has 0 heterocycles. The zero-order valence-corrected chi connectivity index (χ0v) is 13.9. The summed E-state index contributed by atoms with van der Waals surface area (Å²) >= 11 is 0. The first kappa shape index (κ1) is 23.3. The first-order valence-corrected chi connectivity index (χ1v) is 6.81. The molecule has 0 saturated carbocycles. The van der Waals surface area contributed by atoms with E-state index in [4.69, 9.17) is 5.11 Å². The molecule has 20 heavy (non-hydrogen) atoms. The first-order valence-electron chi connectivity index (χ1n) is 6.81. The molecule has 118 valence electrons. The zero-order valence-electron chi connectivity index (χ0n) is 13.9. The topological polar surface area (TPSA) is 69.6 Å². The number of amides is 2. The second-order valence-electron chi connectivity index (χ2n) is 4.15. The van der Waals surface area contributed by atoms with Crippen LogP contribution in [0.2, 0.25) is 0 Å². The highest BCUT2D eigenvalue weighted by atomic mass is 16.4. The second kappa shape index (κ2) is 12.3. The summed E-state index contributed by atoms with van der Waals surface area (Å²) in [7, 11) is 0. The number of rotatable bonds is 5. The van der Waals surface area contributed by atoms with Crippen molar-refractivity contribution in [2.45, 2.75) is 60.4 Å². The van der Waals surface area contributed by atoms with E-state index in [9.17, 15) is 9.59 Å². The molecule has 2 amide bonds. The SMILES string of the molecule is C=CN(C(=O)NC(=C)C)C(C)(C)CC(=O)O.CC.CC. The molecule has 0 aromatic heterocycles. The van der Waals surface area contributed by atoms with E-state index in [0.29, 0.717) is 5.70 Å². The Balaban J connectivity index is -0.000000656. The molecule has 0 aliphatic heterocycles. The van der Waals surface area contributed by atoms with Crippen LogP contribution in [0.15, 0.2) is 25.1 Å². The maximum atomic E-state index is 11.7. The van der Waals surface area contributed by atoms with E-state index in [-0.39, 0.29) is 6.42 Å². The van der Waals surface area contributed by atoms with Gasteiger partial charge in [-0.15, -0.1) is 0 Å². The summed E-state index contributed by atoms with van der Waals surface area (Å²) in [5, 5.41) is 11.2. The quantitative estimate of drug-likeness (QED) is 0.803. The number of aliphatic carboxylic acids is 1. The number of urea groups is 1. The lowest BCUT2D eigenvalue weighted by Gasteiger charge is -2.34. The van der Waals surface area contributed by atoms with Crippen molar-refractivity contribution in [1.29, 1.82) is 0 Å². The van der Waals surface area contributed by atoms with Crippen LogP contribution in [0.25, 0.3) is 0 Å².